The van der Waals surface area contributed by atoms with Gasteiger partial charge in [-0.15, -0.1) is 0 Å². The Morgan fingerprint density at radius 2 is 1.87 bits per heavy atom. The first-order valence-electron chi connectivity index (χ1n) is 4.71. The Hall–Kier alpha value is -0.750. The minimum Gasteiger partial charge on any atom is -0.357 e. The minimum absolute atomic E-state index is 0.229. The summed E-state index contributed by atoms with van der Waals surface area (Å²) in [6.45, 7) is 3.48. The first-order valence-corrected chi connectivity index (χ1v) is 5.34. The molecule has 0 heterocycles. The van der Waals surface area contributed by atoms with E-state index < -0.39 is 11.6 Å². The molecule has 0 bridgehead atoms. The van der Waals surface area contributed by atoms with Crippen LogP contribution in [0.15, 0.2) is 0 Å². The Morgan fingerprint density at radius 3 is 2.20 bits per heavy atom. The lowest BCUT2D eigenvalue weighted by molar-refractivity contribution is -0.131. The van der Waals surface area contributed by atoms with Gasteiger partial charge in [-0.1, -0.05) is 0 Å². The van der Waals surface area contributed by atoms with Crippen LogP contribution in [0.2, 0.25) is 0 Å². The molecular weight excluding hydrogens is 214 g/mol. The first kappa shape index (κ1) is 14.2. The molecule has 0 aliphatic rings. The largest absolute Gasteiger partial charge is 0.357 e. The van der Waals surface area contributed by atoms with Gasteiger partial charge in [-0.2, -0.15) is 12.6 Å². The molecule has 0 saturated heterocycles. The van der Waals surface area contributed by atoms with Crippen molar-refractivity contribution in [1.82, 2.24) is 16.0 Å². The van der Waals surface area contributed by atoms with E-state index in [1.807, 2.05) is 0 Å². The maximum atomic E-state index is 11.7. The van der Waals surface area contributed by atoms with Crippen molar-refractivity contribution >= 4 is 24.4 Å². The Balaban J connectivity index is 4.44. The van der Waals surface area contributed by atoms with Crippen molar-refractivity contribution < 1.29 is 9.59 Å². The summed E-state index contributed by atoms with van der Waals surface area (Å²) in [5, 5.41) is 7.95. The van der Waals surface area contributed by atoms with E-state index in [1.54, 1.807) is 20.9 Å². The zero-order valence-electron chi connectivity index (χ0n) is 9.55. The van der Waals surface area contributed by atoms with Crippen molar-refractivity contribution in [2.24, 2.45) is 0 Å². The van der Waals surface area contributed by atoms with E-state index >= 15 is 0 Å². The molecule has 0 aliphatic carbocycles. The lowest BCUT2D eigenvalue weighted by Crippen LogP contribution is -2.57. The van der Waals surface area contributed by atoms with Crippen LogP contribution in [0, 0.1) is 0 Å². The summed E-state index contributed by atoms with van der Waals surface area (Å²) < 4.78 is 0. The molecule has 88 valence electrons. The third kappa shape index (κ3) is 4.09. The number of likely N-dealkylation sites (N-methyl/N-ethyl adjacent to an activating group) is 2. The highest BCUT2D eigenvalue weighted by Crippen LogP contribution is 2.01. The second kappa shape index (κ2) is 5.97. The van der Waals surface area contributed by atoms with E-state index in [0.29, 0.717) is 0 Å². The summed E-state index contributed by atoms with van der Waals surface area (Å²) in [4.78, 5) is 23.0. The fourth-order valence-electron chi connectivity index (χ4n) is 0.821. The maximum Gasteiger partial charge on any atom is 0.243 e. The number of hydrogen-bond donors (Lipinski definition) is 4. The summed E-state index contributed by atoms with van der Waals surface area (Å²) >= 11 is 4.01. The molecule has 3 N–H and O–H groups in total. The standard InChI is InChI=1S/C9H19N3O2S/c1-9(2,11-4)8(14)12-6(5-15)7(13)10-3/h6,11,15H,5H2,1-4H3,(H,10,13)(H,12,14)/t6-/m1/s1. The minimum atomic E-state index is -0.699. The third-order valence-corrected chi connectivity index (χ3v) is 2.61. The highest BCUT2D eigenvalue weighted by molar-refractivity contribution is 7.80. The van der Waals surface area contributed by atoms with Crippen molar-refractivity contribution in [3.05, 3.63) is 0 Å². The second-order valence-electron chi connectivity index (χ2n) is 3.70. The molecule has 0 aromatic heterocycles. The average molecular weight is 233 g/mol. The molecular formula is C9H19N3O2S. The predicted molar refractivity (Wildman–Crippen MR) is 63.0 cm³/mol. The van der Waals surface area contributed by atoms with Crippen LogP contribution in [0.1, 0.15) is 13.8 Å². The molecule has 5 nitrogen and oxygen atoms in total. The fourth-order valence-corrected chi connectivity index (χ4v) is 1.08. The monoisotopic (exact) mass is 233 g/mol. The van der Waals surface area contributed by atoms with Crippen molar-refractivity contribution in [3.63, 3.8) is 0 Å². The number of carbonyl (C=O) groups excluding carboxylic acids is 2. The Labute approximate surface area is 95.8 Å². The van der Waals surface area contributed by atoms with E-state index in [0.717, 1.165) is 0 Å². The summed E-state index contributed by atoms with van der Waals surface area (Å²) in [6, 6.07) is -0.599. The number of thiol groups is 1. The topological polar surface area (TPSA) is 70.2 Å². The van der Waals surface area contributed by atoms with E-state index in [2.05, 4.69) is 28.6 Å². The molecule has 0 aromatic rings. The molecule has 0 spiro atoms. The molecule has 6 heteroatoms. The van der Waals surface area contributed by atoms with Crippen LogP contribution in [0.3, 0.4) is 0 Å². The molecule has 15 heavy (non-hydrogen) atoms. The summed E-state index contributed by atoms with van der Waals surface area (Å²) in [5.41, 5.74) is -0.699. The van der Waals surface area contributed by atoms with Crippen molar-refractivity contribution in [2.75, 3.05) is 19.8 Å². The van der Waals surface area contributed by atoms with Crippen molar-refractivity contribution in [2.45, 2.75) is 25.4 Å². The van der Waals surface area contributed by atoms with Gasteiger partial charge in [-0.3, -0.25) is 9.59 Å². The second-order valence-corrected chi connectivity index (χ2v) is 4.06. The molecule has 1 atom stereocenters. The molecule has 0 unspecified atom stereocenters. The normalized spacial score (nSPS) is 13.1. The molecule has 0 rings (SSSR count). The van der Waals surface area contributed by atoms with Crippen LogP contribution in [-0.2, 0) is 9.59 Å². The quantitative estimate of drug-likeness (QED) is 0.467. The number of hydrogen-bond acceptors (Lipinski definition) is 4. The lowest BCUT2D eigenvalue weighted by atomic mass is 10.0. The van der Waals surface area contributed by atoms with Crippen LogP contribution in [0.4, 0.5) is 0 Å². The maximum absolute atomic E-state index is 11.7. The Morgan fingerprint density at radius 1 is 1.33 bits per heavy atom. The van der Waals surface area contributed by atoms with Gasteiger partial charge in [-0.25, -0.2) is 0 Å². The smallest absolute Gasteiger partial charge is 0.243 e. The molecule has 0 saturated carbocycles. The molecule has 0 fully saturated rings. The van der Waals surface area contributed by atoms with E-state index in [9.17, 15) is 9.59 Å². The van der Waals surface area contributed by atoms with Crippen LogP contribution < -0.4 is 16.0 Å². The van der Waals surface area contributed by atoms with E-state index in [4.69, 9.17) is 0 Å². The Bertz CT molecular complexity index is 244. The number of carbonyl (C=O) groups is 2. The number of amides is 2. The van der Waals surface area contributed by atoms with Crippen LogP contribution in [-0.4, -0.2) is 43.2 Å². The predicted octanol–water partition coefficient (Wildman–Crippen LogP) is -0.855. The average Bonchev–Trinajstić information content (AvgIpc) is 2.24. The fraction of sp³-hybridized carbons (Fsp3) is 0.778. The molecule has 0 aromatic carbocycles. The van der Waals surface area contributed by atoms with E-state index in [-0.39, 0.29) is 17.6 Å². The Kier molecular flexibility index (Phi) is 5.67. The third-order valence-electron chi connectivity index (χ3n) is 2.24. The first-order chi connectivity index (χ1) is 6.88. The number of nitrogens with one attached hydrogen (secondary N) is 3. The number of rotatable bonds is 5. The highest BCUT2D eigenvalue weighted by Gasteiger charge is 2.28. The zero-order valence-corrected chi connectivity index (χ0v) is 10.4. The van der Waals surface area contributed by atoms with Gasteiger partial charge in [0.2, 0.25) is 11.8 Å². The summed E-state index contributed by atoms with van der Waals surface area (Å²) in [7, 11) is 3.21. The van der Waals surface area contributed by atoms with Gasteiger partial charge < -0.3 is 16.0 Å². The summed E-state index contributed by atoms with van der Waals surface area (Å²) in [6.07, 6.45) is 0. The SMILES string of the molecule is CNC(=O)[C@@H](CS)NC(=O)C(C)(C)NC. The van der Waals surface area contributed by atoms with Crippen molar-refractivity contribution in [3.8, 4) is 0 Å². The molecule has 0 aliphatic heterocycles. The van der Waals surface area contributed by atoms with Gasteiger partial charge in [0.05, 0.1) is 5.54 Å². The van der Waals surface area contributed by atoms with Crippen LogP contribution in [0.5, 0.6) is 0 Å². The van der Waals surface area contributed by atoms with Crippen LogP contribution >= 0.6 is 12.6 Å². The lowest BCUT2D eigenvalue weighted by Gasteiger charge is -2.25. The molecule has 0 radical (unpaired) electrons. The van der Waals surface area contributed by atoms with Gasteiger partial charge in [0.15, 0.2) is 0 Å². The summed E-state index contributed by atoms with van der Waals surface area (Å²) in [5.74, 6) is -0.205. The molecule has 2 amide bonds. The van der Waals surface area contributed by atoms with Gasteiger partial charge in [-0.05, 0) is 20.9 Å². The zero-order chi connectivity index (χ0) is 12.1. The highest BCUT2D eigenvalue weighted by atomic mass is 32.1. The van der Waals surface area contributed by atoms with Crippen LogP contribution in [0.25, 0.3) is 0 Å². The van der Waals surface area contributed by atoms with Gasteiger partial charge in [0, 0.05) is 12.8 Å². The van der Waals surface area contributed by atoms with Gasteiger partial charge in [0.25, 0.3) is 0 Å². The van der Waals surface area contributed by atoms with Crippen molar-refractivity contribution in [1.29, 1.82) is 0 Å². The van der Waals surface area contributed by atoms with Gasteiger partial charge >= 0.3 is 0 Å². The van der Waals surface area contributed by atoms with Gasteiger partial charge in [0.1, 0.15) is 6.04 Å². The van der Waals surface area contributed by atoms with E-state index in [1.165, 1.54) is 7.05 Å².